The molecule has 0 saturated heterocycles. The van der Waals surface area contributed by atoms with Crippen molar-refractivity contribution in [2.75, 3.05) is 7.11 Å². The second-order valence-corrected chi connectivity index (χ2v) is 4.47. The molecule has 0 fully saturated rings. The quantitative estimate of drug-likeness (QED) is 0.750. The van der Waals surface area contributed by atoms with Crippen molar-refractivity contribution in [3.63, 3.8) is 0 Å². The van der Waals surface area contributed by atoms with Crippen molar-refractivity contribution in [2.24, 2.45) is 5.73 Å². The van der Waals surface area contributed by atoms with Crippen molar-refractivity contribution in [1.29, 1.82) is 0 Å². The molecule has 0 aromatic carbocycles. The zero-order valence-electron chi connectivity index (χ0n) is 11.4. The Balaban J connectivity index is 2.93. The highest BCUT2D eigenvalue weighted by Gasteiger charge is 2.25. The molecule has 1 rings (SSSR count). The molecule has 0 aliphatic rings. The van der Waals surface area contributed by atoms with E-state index >= 15 is 0 Å². The van der Waals surface area contributed by atoms with Gasteiger partial charge in [0.2, 0.25) is 0 Å². The van der Waals surface area contributed by atoms with Crippen LogP contribution in [0.25, 0.3) is 0 Å². The number of carbonyl (C=O) groups excluding carboxylic acids is 1. The van der Waals surface area contributed by atoms with Gasteiger partial charge in [-0.3, -0.25) is 4.79 Å². The third-order valence-electron chi connectivity index (χ3n) is 3.19. The van der Waals surface area contributed by atoms with Crippen LogP contribution in [0.5, 0.6) is 0 Å². The summed E-state index contributed by atoms with van der Waals surface area (Å²) in [5, 5.41) is 0. The van der Waals surface area contributed by atoms with Crippen molar-refractivity contribution in [1.82, 2.24) is 9.55 Å². The fourth-order valence-electron chi connectivity index (χ4n) is 2.09. The first-order valence-electron chi connectivity index (χ1n) is 6.46. The summed E-state index contributed by atoms with van der Waals surface area (Å²) in [5.41, 5.74) is 7.15. The molecule has 0 bridgehead atoms. The van der Waals surface area contributed by atoms with Crippen LogP contribution in [0.4, 0.5) is 0 Å². The minimum Gasteiger partial charge on any atom is -0.469 e. The molecule has 0 saturated carbocycles. The number of nitrogens with zero attached hydrogens (tertiary/aromatic N) is 2. The highest BCUT2D eigenvalue weighted by Crippen LogP contribution is 2.24. The van der Waals surface area contributed by atoms with Gasteiger partial charge in [0.15, 0.2) is 0 Å². The third kappa shape index (κ3) is 3.57. The predicted molar refractivity (Wildman–Crippen MR) is 70.2 cm³/mol. The fourth-order valence-corrected chi connectivity index (χ4v) is 2.09. The van der Waals surface area contributed by atoms with Crippen LogP contribution in [0.15, 0.2) is 12.5 Å². The number of esters is 1. The third-order valence-corrected chi connectivity index (χ3v) is 3.19. The maximum Gasteiger partial charge on any atom is 0.306 e. The average Bonchev–Trinajstić information content (AvgIpc) is 2.83. The lowest BCUT2D eigenvalue weighted by Crippen LogP contribution is -2.31. The van der Waals surface area contributed by atoms with Gasteiger partial charge in [0, 0.05) is 30.4 Å². The molecule has 1 heterocycles. The van der Waals surface area contributed by atoms with E-state index in [4.69, 9.17) is 10.5 Å². The summed E-state index contributed by atoms with van der Waals surface area (Å²) < 4.78 is 6.82. The molecule has 2 N–H and O–H groups in total. The lowest BCUT2D eigenvalue weighted by molar-refractivity contribution is -0.141. The Kier molecular flexibility index (Phi) is 5.85. The number of nitrogens with two attached hydrogens (primary N) is 1. The van der Waals surface area contributed by atoms with E-state index in [0.717, 1.165) is 25.1 Å². The van der Waals surface area contributed by atoms with E-state index in [9.17, 15) is 4.79 Å². The smallest absolute Gasteiger partial charge is 0.306 e. The van der Waals surface area contributed by atoms with Gasteiger partial charge in [-0.05, 0) is 12.8 Å². The topological polar surface area (TPSA) is 70.1 Å². The van der Waals surface area contributed by atoms with Gasteiger partial charge in [-0.2, -0.15) is 0 Å². The van der Waals surface area contributed by atoms with Crippen LogP contribution in [-0.4, -0.2) is 28.7 Å². The summed E-state index contributed by atoms with van der Waals surface area (Å²) in [7, 11) is 1.40. The van der Waals surface area contributed by atoms with Crippen LogP contribution >= 0.6 is 0 Å². The number of aromatic nitrogens is 2. The van der Waals surface area contributed by atoms with Crippen molar-refractivity contribution >= 4 is 5.97 Å². The Morgan fingerprint density at radius 2 is 2.28 bits per heavy atom. The van der Waals surface area contributed by atoms with Crippen molar-refractivity contribution < 1.29 is 9.53 Å². The summed E-state index contributed by atoms with van der Waals surface area (Å²) in [6.07, 6.45) is 5.75. The van der Waals surface area contributed by atoms with E-state index in [0.29, 0.717) is 6.42 Å². The van der Waals surface area contributed by atoms with E-state index in [2.05, 4.69) is 16.5 Å². The Bertz CT molecular complexity index is 376. The summed E-state index contributed by atoms with van der Waals surface area (Å²) in [6.45, 7) is 5.03. The van der Waals surface area contributed by atoms with Crippen LogP contribution < -0.4 is 5.73 Å². The van der Waals surface area contributed by atoms with Crippen LogP contribution in [0.1, 0.15) is 44.7 Å². The number of imidazole rings is 1. The number of hydrogen-bond acceptors (Lipinski definition) is 4. The molecule has 18 heavy (non-hydrogen) atoms. The van der Waals surface area contributed by atoms with Gasteiger partial charge in [0.05, 0.1) is 19.9 Å². The fraction of sp³-hybridized carbons (Fsp3) is 0.692. The van der Waals surface area contributed by atoms with Crippen molar-refractivity contribution in [3.8, 4) is 0 Å². The van der Waals surface area contributed by atoms with E-state index in [-0.39, 0.29) is 17.9 Å². The SMILES string of the molecule is CCCn1cncc1C(CC(=O)OC)C(N)CC. The minimum atomic E-state index is -0.229. The first kappa shape index (κ1) is 14.7. The van der Waals surface area contributed by atoms with Gasteiger partial charge in [-0.15, -0.1) is 0 Å². The summed E-state index contributed by atoms with van der Waals surface area (Å²) >= 11 is 0. The van der Waals surface area contributed by atoms with Gasteiger partial charge >= 0.3 is 5.97 Å². The molecule has 0 spiro atoms. The first-order valence-corrected chi connectivity index (χ1v) is 6.46. The van der Waals surface area contributed by atoms with E-state index in [1.54, 1.807) is 12.5 Å². The van der Waals surface area contributed by atoms with Crippen LogP contribution in [-0.2, 0) is 16.1 Å². The largest absolute Gasteiger partial charge is 0.469 e. The molecular formula is C13H23N3O2. The van der Waals surface area contributed by atoms with Gasteiger partial charge in [0.25, 0.3) is 0 Å². The molecule has 0 amide bonds. The second kappa shape index (κ2) is 7.16. The standard InChI is InChI=1S/C13H23N3O2/c1-4-6-16-9-15-8-12(16)10(11(14)5-2)7-13(17)18-3/h8-11H,4-7,14H2,1-3H3. The zero-order chi connectivity index (χ0) is 13.5. The van der Waals surface area contributed by atoms with E-state index in [1.165, 1.54) is 7.11 Å². The molecule has 1 aromatic rings. The Hall–Kier alpha value is -1.36. The summed E-state index contributed by atoms with van der Waals surface area (Å²) in [5.74, 6) is -0.260. The molecule has 2 unspecified atom stereocenters. The van der Waals surface area contributed by atoms with E-state index in [1.807, 2.05) is 6.92 Å². The molecular weight excluding hydrogens is 230 g/mol. The number of rotatable bonds is 7. The van der Waals surface area contributed by atoms with Gasteiger partial charge < -0.3 is 15.0 Å². The summed E-state index contributed by atoms with van der Waals surface area (Å²) in [4.78, 5) is 15.7. The van der Waals surface area contributed by atoms with Crippen LogP contribution in [0.2, 0.25) is 0 Å². The van der Waals surface area contributed by atoms with Crippen molar-refractivity contribution in [2.45, 2.75) is 51.6 Å². The Morgan fingerprint density at radius 1 is 1.56 bits per heavy atom. The van der Waals surface area contributed by atoms with Crippen LogP contribution in [0, 0.1) is 0 Å². The first-order chi connectivity index (χ1) is 8.63. The predicted octanol–water partition coefficient (Wildman–Crippen LogP) is 1.68. The zero-order valence-corrected chi connectivity index (χ0v) is 11.4. The Morgan fingerprint density at radius 3 is 2.83 bits per heavy atom. The number of carbonyl (C=O) groups is 1. The normalized spacial score (nSPS) is 14.2. The monoisotopic (exact) mass is 253 g/mol. The molecule has 1 aromatic heterocycles. The van der Waals surface area contributed by atoms with Gasteiger partial charge in [0.1, 0.15) is 0 Å². The highest BCUT2D eigenvalue weighted by atomic mass is 16.5. The molecule has 0 aliphatic carbocycles. The van der Waals surface area contributed by atoms with Crippen molar-refractivity contribution in [3.05, 3.63) is 18.2 Å². The number of methoxy groups -OCH3 is 1. The second-order valence-electron chi connectivity index (χ2n) is 4.47. The average molecular weight is 253 g/mol. The van der Waals surface area contributed by atoms with Crippen LogP contribution in [0.3, 0.4) is 0 Å². The minimum absolute atomic E-state index is 0.0310. The molecule has 5 nitrogen and oxygen atoms in total. The van der Waals surface area contributed by atoms with Gasteiger partial charge in [-0.25, -0.2) is 4.98 Å². The van der Waals surface area contributed by atoms with Gasteiger partial charge in [-0.1, -0.05) is 13.8 Å². The molecule has 0 aliphatic heterocycles. The highest BCUT2D eigenvalue weighted by molar-refractivity contribution is 5.70. The molecule has 5 heteroatoms. The number of ether oxygens (including phenoxy) is 1. The molecule has 2 atom stereocenters. The maximum atomic E-state index is 11.5. The molecule has 0 radical (unpaired) electrons. The Labute approximate surface area is 108 Å². The maximum absolute atomic E-state index is 11.5. The number of hydrogen-bond donors (Lipinski definition) is 1. The summed E-state index contributed by atoms with van der Waals surface area (Å²) in [6, 6.07) is -0.0589. The lowest BCUT2D eigenvalue weighted by Gasteiger charge is -2.23. The lowest BCUT2D eigenvalue weighted by atomic mass is 9.91. The molecule has 102 valence electrons. The number of aryl methyl sites for hydroxylation is 1. The van der Waals surface area contributed by atoms with E-state index < -0.39 is 0 Å².